The number of likely N-dealkylation sites (N-methyl/N-ethyl adjacent to an activating group) is 1. The van der Waals surface area contributed by atoms with Crippen molar-refractivity contribution >= 4 is 11.9 Å². The third-order valence-corrected chi connectivity index (χ3v) is 3.56. The molecule has 0 aliphatic heterocycles. The van der Waals surface area contributed by atoms with Crippen LogP contribution in [0.3, 0.4) is 0 Å². The van der Waals surface area contributed by atoms with E-state index in [1.54, 1.807) is 6.92 Å². The molecule has 1 aromatic rings. The molecule has 1 heterocycles. The van der Waals surface area contributed by atoms with Crippen molar-refractivity contribution in [3.05, 3.63) is 27.4 Å². The molecule has 7 nitrogen and oxygen atoms in total. The van der Waals surface area contributed by atoms with Crippen molar-refractivity contribution in [1.82, 2.24) is 14.9 Å². The molecule has 1 saturated carbocycles. The van der Waals surface area contributed by atoms with Crippen LogP contribution in [0.25, 0.3) is 0 Å². The summed E-state index contributed by atoms with van der Waals surface area (Å²) in [5.41, 5.74) is -0.260. The second-order valence-corrected chi connectivity index (χ2v) is 5.12. The lowest BCUT2D eigenvalue weighted by atomic mass is 10.1. The van der Waals surface area contributed by atoms with Crippen molar-refractivity contribution in [3.63, 3.8) is 0 Å². The standard InChI is InChI=1S/C13H17N3O4/c1-6-9(12(18)16(3)7(2)13(19)20)11(17)15-10(14-6)8-4-5-8/h7-8H,4-5H2,1-3H3,(H,19,20)(H,14,15,17). The van der Waals surface area contributed by atoms with Crippen molar-refractivity contribution in [1.29, 1.82) is 0 Å². The number of carbonyl (C=O) groups excluding carboxylic acids is 1. The molecule has 7 heteroatoms. The highest BCUT2D eigenvalue weighted by Crippen LogP contribution is 2.37. The van der Waals surface area contributed by atoms with Gasteiger partial charge in [-0.2, -0.15) is 0 Å². The van der Waals surface area contributed by atoms with E-state index in [1.807, 2.05) is 0 Å². The highest BCUT2D eigenvalue weighted by molar-refractivity contribution is 5.96. The number of aromatic nitrogens is 2. The molecule has 0 radical (unpaired) electrons. The Hall–Kier alpha value is -2.18. The lowest BCUT2D eigenvalue weighted by Gasteiger charge is -2.21. The third kappa shape index (κ3) is 2.56. The van der Waals surface area contributed by atoms with E-state index in [0.717, 1.165) is 17.7 Å². The topological polar surface area (TPSA) is 103 Å². The van der Waals surface area contributed by atoms with Gasteiger partial charge in [0.2, 0.25) is 0 Å². The summed E-state index contributed by atoms with van der Waals surface area (Å²) in [6, 6.07) is -1.01. The molecule has 0 aromatic carbocycles. The summed E-state index contributed by atoms with van der Waals surface area (Å²) in [7, 11) is 1.36. The number of carboxylic acid groups (broad SMARTS) is 1. The quantitative estimate of drug-likeness (QED) is 0.835. The molecule has 2 rings (SSSR count). The lowest BCUT2D eigenvalue weighted by Crippen LogP contribution is -2.42. The van der Waals surface area contributed by atoms with Gasteiger partial charge in [-0.05, 0) is 26.7 Å². The maximum absolute atomic E-state index is 12.2. The van der Waals surface area contributed by atoms with Crippen LogP contribution in [0.5, 0.6) is 0 Å². The van der Waals surface area contributed by atoms with Crippen LogP contribution >= 0.6 is 0 Å². The van der Waals surface area contributed by atoms with Crippen molar-refractivity contribution in [2.75, 3.05) is 7.05 Å². The fourth-order valence-corrected chi connectivity index (χ4v) is 1.93. The molecular weight excluding hydrogens is 262 g/mol. The van der Waals surface area contributed by atoms with Gasteiger partial charge in [-0.1, -0.05) is 0 Å². The first-order chi connectivity index (χ1) is 9.32. The molecule has 0 spiro atoms. The molecule has 1 aliphatic carbocycles. The summed E-state index contributed by atoms with van der Waals surface area (Å²) in [6.07, 6.45) is 1.98. The van der Waals surface area contributed by atoms with Crippen LogP contribution in [-0.2, 0) is 4.79 Å². The Morgan fingerprint density at radius 1 is 1.45 bits per heavy atom. The number of rotatable bonds is 4. The van der Waals surface area contributed by atoms with Gasteiger partial charge >= 0.3 is 5.97 Å². The number of hydrogen-bond acceptors (Lipinski definition) is 4. The van der Waals surface area contributed by atoms with Crippen LogP contribution in [0, 0.1) is 6.92 Å². The smallest absolute Gasteiger partial charge is 0.326 e. The van der Waals surface area contributed by atoms with Gasteiger partial charge in [0, 0.05) is 13.0 Å². The van der Waals surface area contributed by atoms with Crippen LogP contribution in [-0.4, -0.2) is 44.9 Å². The molecule has 1 atom stereocenters. The zero-order valence-electron chi connectivity index (χ0n) is 11.6. The Balaban J connectivity index is 2.35. The second-order valence-electron chi connectivity index (χ2n) is 5.12. The molecular formula is C13H17N3O4. The predicted molar refractivity (Wildman–Crippen MR) is 70.8 cm³/mol. The molecule has 1 aromatic heterocycles. The highest BCUT2D eigenvalue weighted by atomic mass is 16.4. The van der Waals surface area contributed by atoms with Gasteiger partial charge in [0.1, 0.15) is 17.4 Å². The number of nitrogens with zero attached hydrogens (tertiary/aromatic N) is 2. The van der Waals surface area contributed by atoms with Crippen LogP contribution < -0.4 is 5.56 Å². The number of aryl methyl sites for hydroxylation is 1. The summed E-state index contributed by atoms with van der Waals surface area (Å²) in [4.78, 5) is 43.1. The van der Waals surface area contributed by atoms with E-state index in [0.29, 0.717) is 11.5 Å². The first-order valence-corrected chi connectivity index (χ1v) is 6.43. The lowest BCUT2D eigenvalue weighted by molar-refractivity contribution is -0.141. The summed E-state index contributed by atoms with van der Waals surface area (Å²) in [5, 5.41) is 8.92. The van der Waals surface area contributed by atoms with Crippen LogP contribution in [0.15, 0.2) is 4.79 Å². The minimum atomic E-state index is -1.13. The first-order valence-electron chi connectivity index (χ1n) is 6.43. The number of aliphatic carboxylic acids is 1. The Labute approximate surface area is 115 Å². The fraction of sp³-hybridized carbons (Fsp3) is 0.538. The first kappa shape index (κ1) is 14.2. The monoisotopic (exact) mass is 279 g/mol. The van der Waals surface area contributed by atoms with Crippen molar-refractivity contribution in [3.8, 4) is 0 Å². The Morgan fingerprint density at radius 3 is 2.50 bits per heavy atom. The maximum Gasteiger partial charge on any atom is 0.326 e. The molecule has 2 N–H and O–H groups in total. The zero-order chi connectivity index (χ0) is 15.0. The molecule has 0 bridgehead atoms. The number of nitrogens with one attached hydrogen (secondary N) is 1. The Morgan fingerprint density at radius 2 is 2.05 bits per heavy atom. The van der Waals surface area contributed by atoms with E-state index in [4.69, 9.17) is 5.11 Å². The van der Waals surface area contributed by atoms with Gasteiger partial charge < -0.3 is 15.0 Å². The fourth-order valence-electron chi connectivity index (χ4n) is 1.93. The molecule has 1 fully saturated rings. The average molecular weight is 279 g/mol. The van der Waals surface area contributed by atoms with Gasteiger partial charge in [-0.15, -0.1) is 0 Å². The molecule has 1 aliphatic rings. The normalized spacial score (nSPS) is 15.8. The van der Waals surface area contributed by atoms with Crippen molar-refractivity contribution < 1.29 is 14.7 Å². The molecule has 20 heavy (non-hydrogen) atoms. The summed E-state index contributed by atoms with van der Waals surface area (Å²) in [5.74, 6) is -0.870. The number of carbonyl (C=O) groups is 2. The summed E-state index contributed by atoms with van der Waals surface area (Å²) >= 11 is 0. The van der Waals surface area contributed by atoms with E-state index < -0.39 is 23.5 Å². The zero-order valence-corrected chi connectivity index (χ0v) is 11.6. The highest BCUT2D eigenvalue weighted by Gasteiger charge is 2.30. The average Bonchev–Trinajstić information content (AvgIpc) is 3.19. The van der Waals surface area contributed by atoms with Crippen molar-refractivity contribution in [2.45, 2.75) is 38.6 Å². The predicted octanol–water partition coefficient (Wildman–Crippen LogP) is 0.501. The third-order valence-electron chi connectivity index (χ3n) is 3.56. The van der Waals surface area contributed by atoms with E-state index in [2.05, 4.69) is 9.97 Å². The molecule has 0 saturated heterocycles. The summed E-state index contributed by atoms with van der Waals surface area (Å²) in [6.45, 7) is 2.98. The second kappa shape index (κ2) is 5.07. The van der Waals surface area contributed by atoms with Gasteiger partial charge in [0.15, 0.2) is 0 Å². The number of amides is 1. The van der Waals surface area contributed by atoms with Gasteiger partial charge in [0.05, 0.1) is 5.69 Å². The van der Waals surface area contributed by atoms with Crippen LogP contribution in [0.2, 0.25) is 0 Å². The number of H-pyrrole nitrogens is 1. The Bertz CT molecular complexity index is 619. The largest absolute Gasteiger partial charge is 0.480 e. The van der Waals surface area contributed by atoms with E-state index in [-0.39, 0.29) is 11.5 Å². The number of aromatic amines is 1. The van der Waals surface area contributed by atoms with Crippen LogP contribution in [0.1, 0.15) is 47.6 Å². The van der Waals surface area contributed by atoms with E-state index in [1.165, 1.54) is 14.0 Å². The van der Waals surface area contributed by atoms with E-state index in [9.17, 15) is 14.4 Å². The van der Waals surface area contributed by atoms with Gasteiger partial charge in [-0.25, -0.2) is 9.78 Å². The minimum Gasteiger partial charge on any atom is -0.480 e. The van der Waals surface area contributed by atoms with Crippen molar-refractivity contribution in [2.24, 2.45) is 0 Å². The number of hydrogen-bond donors (Lipinski definition) is 2. The molecule has 1 amide bonds. The summed E-state index contributed by atoms with van der Waals surface area (Å²) < 4.78 is 0. The molecule has 108 valence electrons. The number of carboxylic acids is 1. The van der Waals surface area contributed by atoms with Gasteiger partial charge in [-0.3, -0.25) is 9.59 Å². The van der Waals surface area contributed by atoms with Gasteiger partial charge in [0.25, 0.3) is 11.5 Å². The molecule has 1 unspecified atom stereocenters. The maximum atomic E-state index is 12.2. The SMILES string of the molecule is Cc1nc(C2CC2)[nH]c(=O)c1C(=O)N(C)C(C)C(=O)O. The Kier molecular flexibility index (Phi) is 3.61. The minimum absolute atomic E-state index is 0.0926. The van der Waals surface area contributed by atoms with Crippen LogP contribution in [0.4, 0.5) is 0 Å². The van der Waals surface area contributed by atoms with E-state index >= 15 is 0 Å².